The molecule has 4 rings (SSSR count). The predicted molar refractivity (Wildman–Crippen MR) is 115 cm³/mol. The molecule has 0 fully saturated rings. The molecular weight excluding hydrogens is 346 g/mol. The van der Waals surface area contributed by atoms with Crippen LogP contribution in [0.15, 0.2) is 53.5 Å². The highest BCUT2D eigenvalue weighted by Crippen LogP contribution is 2.37. The van der Waals surface area contributed by atoms with Crippen LogP contribution < -0.4 is 0 Å². The maximum Gasteiger partial charge on any atom is 0.163 e. The lowest BCUT2D eigenvalue weighted by Gasteiger charge is -2.33. The standard InChI is InChI=1S/C13H17NO.C12H14O/c1-13(2)8-7-12(14-9-15)10-5-3-4-6-11(10)13;1-12(2)8-7-11(13)9-5-3-4-6-10(9)12/h3-6,15H,7-9H2,1-2H3;3-6H,7-8H2,1-2H3. The van der Waals surface area contributed by atoms with Crippen LogP contribution in [0.25, 0.3) is 0 Å². The summed E-state index contributed by atoms with van der Waals surface area (Å²) < 4.78 is 0. The van der Waals surface area contributed by atoms with Gasteiger partial charge in [0.2, 0.25) is 0 Å². The van der Waals surface area contributed by atoms with E-state index < -0.39 is 0 Å². The highest BCUT2D eigenvalue weighted by atomic mass is 16.3. The molecule has 3 nitrogen and oxygen atoms in total. The number of hydrogen-bond donors (Lipinski definition) is 1. The number of fused-ring (bicyclic) bond motifs is 2. The van der Waals surface area contributed by atoms with Crippen molar-refractivity contribution in [3.05, 3.63) is 70.8 Å². The smallest absolute Gasteiger partial charge is 0.163 e. The molecule has 0 amide bonds. The number of nitrogens with zero attached hydrogens (tertiary/aromatic N) is 1. The van der Waals surface area contributed by atoms with Gasteiger partial charge in [0, 0.05) is 17.7 Å². The van der Waals surface area contributed by atoms with E-state index in [1.807, 2.05) is 24.3 Å². The van der Waals surface area contributed by atoms with Crippen molar-refractivity contribution in [2.45, 2.75) is 64.2 Å². The van der Waals surface area contributed by atoms with Gasteiger partial charge in [0.1, 0.15) is 6.73 Å². The van der Waals surface area contributed by atoms with Crippen molar-refractivity contribution in [3.63, 3.8) is 0 Å². The quantitative estimate of drug-likeness (QED) is 0.719. The number of Topliss-reactive ketones (excluding diaryl/α,β-unsaturated/α-hetero) is 1. The zero-order valence-electron chi connectivity index (χ0n) is 17.5. The molecule has 0 spiro atoms. The molecule has 0 saturated carbocycles. The summed E-state index contributed by atoms with van der Waals surface area (Å²) in [5, 5.41) is 8.89. The maximum absolute atomic E-state index is 11.6. The normalized spacial score (nSPS) is 20.6. The monoisotopic (exact) mass is 377 g/mol. The SMILES string of the molecule is CC1(C)CCC(=NCO)c2ccccc21.CC1(C)CCC(=O)c2ccccc21. The van der Waals surface area contributed by atoms with Crippen LogP contribution in [-0.2, 0) is 10.8 Å². The number of carbonyl (C=O) groups is 1. The molecule has 2 aliphatic rings. The fourth-order valence-corrected chi connectivity index (χ4v) is 4.29. The number of aliphatic hydroxyl groups is 1. The Morgan fingerprint density at radius 3 is 1.89 bits per heavy atom. The summed E-state index contributed by atoms with van der Waals surface area (Å²) in [6.07, 6.45) is 3.74. The van der Waals surface area contributed by atoms with Crippen molar-refractivity contribution < 1.29 is 9.90 Å². The molecule has 1 N–H and O–H groups in total. The first-order valence-electron chi connectivity index (χ1n) is 10.1. The molecule has 3 heteroatoms. The lowest BCUT2D eigenvalue weighted by molar-refractivity contribution is 0.0957. The van der Waals surface area contributed by atoms with Crippen molar-refractivity contribution in [2.75, 3.05) is 6.73 Å². The van der Waals surface area contributed by atoms with Crippen molar-refractivity contribution in [3.8, 4) is 0 Å². The summed E-state index contributed by atoms with van der Waals surface area (Å²) in [5.41, 5.74) is 6.15. The molecule has 0 radical (unpaired) electrons. The third-order valence-corrected chi connectivity index (χ3v) is 6.15. The van der Waals surface area contributed by atoms with Crippen LogP contribution in [0.3, 0.4) is 0 Å². The zero-order valence-corrected chi connectivity index (χ0v) is 17.5. The van der Waals surface area contributed by atoms with E-state index in [4.69, 9.17) is 5.11 Å². The van der Waals surface area contributed by atoms with Crippen LogP contribution >= 0.6 is 0 Å². The Kier molecular flexibility index (Phi) is 5.85. The summed E-state index contributed by atoms with van der Waals surface area (Å²) in [6.45, 7) is 8.84. The van der Waals surface area contributed by atoms with Gasteiger partial charge in [0.15, 0.2) is 5.78 Å². The Balaban J connectivity index is 0.000000162. The van der Waals surface area contributed by atoms with Crippen LogP contribution in [0.1, 0.15) is 80.4 Å². The summed E-state index contributed by atoms with van der Waals surface area (Å²) in [4.78, 5) is 15.7. The second kappa shape index (κ2) is 8.00. The Bertz CT molecular complexity index is 893. The Morgan fingerprint density at radius 1 is 0.821 bits per heavy atom. The highest BCUT2D eigenvalue weighted by Gasteiger charge is 2.31. The van der Waals surface area contributed by atoms with E-state index in [0.717, 1.165) is 30.5 Å². The average Bonchev–Trinajstić information content (AvgIpc) is 2.69. The van der Waals surface area contributed by atoms with Crippen molar-refractivity contribution in [1.29, 1.82) is 0 Å². The molecule has 0 heterocycles. The van der Waals surface area contributed by atoms with Crippen LogP contribution in [0, 0.1) is 0 Å². The van der Waals surface area contributed by atoms with Gasteiger partial charge in [-0.25, -0.2) is 0 Å². The predicted octanol–water partition coefficient (Wildman–Crippen LogP) is 5.44. The zero-order chi connectivity index (χ0) is 20.4. The van der Waals surface area contributed by atoms with Gasteiger partial charge in [0.25, 0.3) is 0 Å². The number of ketones is 1. The summed E-state index contributed by atoms with van der Waals surface area (Å²) in [5.74, 6) is 0.301. The Morgan fingerprint density at radius 2 is 1.32 bits per heavy atom. The van der Waals surface area contributed by atoms with Crippen LogP contribution in [-0.4, -0.2) is 23.3 Å². The number of rotatable bonds is 1. The largest absolute Gasteiger partial charge is 0.375 e. The van der Waals surface area contributed by atoms with Gasteiger partial charge >= 0.3 is 0 Å². The molecule has 0 unspecified atom stereocenters. The van der Waals surface area contributed by atoms with E-state index in [-0.39, 0.29) is 17.6 Å². The highest BCUT2D eigenvalue weighted by molar-refractivity contribution is 6.03. The van der Waals surface area contributed by atoms with E-state index in [2.05, 4.69) is 57.0 Å². The molecule has 0 aromatic heterocycles. The molecule has 0 bridgehead atoms. The summed E-state index contributed by atoms with van der Waals surface area (Å²) in [6, 6.07) is 16.4. The molecule has 0 aliphatic heterocycles. The van der Waals surface area contributed by atoms with Gasteiger partial charge in [-0.05, 0) is 46.8 Å². The third-order valence-electron chi connectivity index (χ3n) is 6.15. The Hall–Kier alpha value is -2.26. The van der Waals surface area contributed by atoms with Gasteiger partial charge in [-0.3, -0.25) is 9.79 Å². The Labute approximate surface area is 168 Å². The number of benzene rings is 2. The minimum absolute atomic E-state index is 0.107. The number of aliphatic hydroxyl groups excluding tert-OH is 1. The molecule has 2 aromatic carbocycles. The van der Waals surface area contributed by atoms with Gasteiger partial charge in [-0.15, -0.1) is 0 Å². The van der Waals surface area contributed by atoms with E-state index in [1.54, 1.807) is 0 Å². The van der Waals surface area contributed by atoms with Crippen molar-refractivity contribution >= 4 is 11.5 Å². The average molecular weight is 378 g/mol. The van der Waals surface area contributed by atoms with Crippen LogP contribution in [0.2, 0.25) is 0 Å². The topological polar surface area (TPSA) is 49.7 Å². The lowest BCUT2D eigenvalue weighted by atomic mass is 9.72. The number of carbonyl (C=O) groups excluding carboxylic acids is 1. The number of hydrogen-bond acceptors (Lipinski definition) is 3. The second-order valence-corrected chi connectivity index (χ2v) is 9.03. The molecule has 28 heavy (non-hydrogen) atoms. The van der Waals surface area contributed by atoms with E-state index in [9.17, 15) is 4.79 Å². The van der Waals surface area contributed by atoms with Gasteiger partial charge in [-0.2, -0.15) is 0 Å². The fourth-order valence-electron chi connectivity index (χ4n) is 4.29. The lowest BCUT2D eigenvalue weighted by Crippen LogP contribution is -2.27. The summed E-state index contributed by atoms with van der Waals surface area (Å²) in [7, 11) is 0. The van der Waals surface area contributed by atoms with Crippen molar-refractivity contribution in [2.24, 2.45) is 4.99 Å². The molecule has 0 atom stereocenters. The molecular formula is C25H31NO2. The van der Waals surface area contributed by atoms with Crippen LogP contribution in [0.4, 0.5) is 0 Å². The molecule has 148 valence electrons. The first kappa shape index (κ1) is 20.5. The van der Waals surface area contributed by atoms with E-state index in [1.165, 1.54) is 16.7 Å². The molecule has 2 aromatic rings. The van der Waals surface area contributed by atoms with E-state index >= 15 is 0 Å². The number of aliphatic imine (C=N–C) groups is 1. The minimum atomic E-state index is -0.107. The second-order valence-electron chi connectivity index (χ2n) is 9.03. The third kappa shape index (κ3) is 4.10. The van der Waals surface area contributed by atoms with Crippen LogP contribution in [0.5, 0.6) is 0 Å². The first-order valence-corrected chi connectivity index (χ1v) is 10.1. The van der Waals surface area contributed by atoms with Gasteiger partial charge in [-0.1, -0.05) is 76.2 Å². The first-order chi connectivity index (χ1) is 13.3. The van der Waals surface area contributed by atoms with Gasteiger partial charge < -0.3 is 5.11 Å². The molecule has 2 aliphatic carbocycles. The van der Waals surface area contributed by atoms with Crippen molar-refractivity contribution in [1.82, 2.24) is 0 Å². The maximum atomic E-state index is 11.6. The minimum Gasteiger partial charge on any atom is -0.375 e. The van der Waals surface area contributed by atoms with E-state index in [0.29, 0.717) is 12.2 Å². The van der Waals surface area contributed by atoms with Gasteiger partial charge in [0.05, 0.1) is 0 Å². The summed E-state index contributed by atoms with van der Waals surface area (Å²) >= 11 is 0. The fraction of sp³-hybridized carbons (Fsp3) is 0.440. The molecule has 0 saturated heterocycles.